The molecule has 2 amide bonds. The van der Waals surface area contributed by atoms with E-state index < -0.39 is 0 Å². The third kappa shape index (κ3) is 2.44. The van der Waals surface area contributed by atoms with Crippen LogP contribution in [0.1, 0.15) is 35.3 Å². The maximum absolute atomic E-state index is 11.9. The molecule has 1 aromatic rings. The highest BCUT2D eigenvalue weighted by atomic mass is 32.1. The molecule has 0 saturated heterocycles. The summed E-state index contributed by atoms with van der Waals surface area (Å²) in [5.41, 5.74) is 1.75. The van der Waals surface area contributed by atoms with Gasteiger partial charge in [-0.1, -0.05) is 0 Å². The molecule has 1 aliphatic heterocycles. The molecule has 0 aromatic carbocycles. The first-order valence-electron chi connectivity index (χ1n) is 6.61. The molecule has 1 fully saturated rings. The Morgan fingerprint density at radius 3 is 3.00 bits per heavy atom. The van der Waals surface area contributed by atoms with E-state index in [2.05, 4.69) is 22.0 Å². The van der Waals surface area contributed by atoms with Crippen LogP contribution in [-0.2, 0) is 13.0 Å². The summed E-state index contributed by atoms with van der Waals surface area (Å²) >= 11 is 1.51. The van der Waals surface area contributed by atoms with Gasteiger partial charge in [-0.25, -0.2) is 4.79 Å². The molecule has 0 radical (unpaired) electrons. The van der Waals surface area contributed by atoms with Crippen LogP contribution in [0.5, 0.6) is 0 Å². The third-order valence-corrected chi connectivity index (χ3v) is 4.85. The van der Waals surface area contributed by atoms with Gasteiger partial charge in [0.25, 0.3) is 0 Å². The average molecular weight is 276 g/mol. The molecule has 1 saturated carbocycles. The lowest BCUT2D eigenvalue weighted by Gasteiger charge is -2.26. The van der Waals surface area contributed by atoms with Crippen LogP contribution < -0.4 is 16.0 Å². The summed E-state index contributed by atoms with van der Waals surface area (Å²) in [5, 5.41) is 19.0. The van der Waals surface area contributed by atoms with Gasteiger partial charge in [0, 0.05) is 17.5 Å². The number of nitrogens with zero attached hydrogens (tertiary/aromatic N) is 1. The Bertz CT molecular complexity index is 542. The quantitative estimate of drug-likeness (QED) is 0.772. The molecule has 6 heteroatoms. The normalized spacial score (nSPS) is 18.1. The van der Waals surface area contributed by atoms with E-state index in [1.807, 2.05) is 0 Å². The van der Waals surface area contributed by atoms with E-state index in [0.717, 1.165) is 37.9 Å². The van der Waals surface area contributed by atoms with Gasteiger partial charge in [-0.05, 0) is 37.8 Å². The van der Waals surface area contributed by atoms with E-state index >= 15 is 0 Å². The lowest BCUT2D eigenvalue weighted by Crippen LogP contribution is -2.41. The lowest BCUT2D eigenvalue weighted by atomic mass is 9.93. The Hall–Kier alpha value is -1.58. The van der Waals surface area contributed by atoms with Crippen LogP contribution in [0.25, 0.3) is 0 Å². The fourth-order valence-corrected chi connectivity index (χ4v) is 3.58. The molecule has 1 aliphatic carbocycles. The highest BCUT2D eigenvalue weighted by Gasteiger charge is 2.23. The largest absolute Gasteiger partial charge is 0.335 e. The maximum atomic E-state index is 11.9. The SMILES string of the molecule is N#Cc1c(NC(=O)NC2CCC2)sc2c1CCNC2. The number of nitriles is 1. The molecular weight excluding hydrogens is 260 g/mol. The number of hydrogen-bond donors (Lipinski definition) is 3. The summed E-state index contributed by atoms with van der Waals surface area (Å²) in [6.45, 7) is 1.69. The minimum absolute atomic E-state index is 0.187. The Balaban J connectivity index is 1.74. The minimum Gasteiger partial charge on any atom is -0.335 e. The number of carbonyl (C=O) groups excluding carboxylic acids is 1. The molecule has 0 atom stereocenters. The van der Waals surface area contributed by atoms with E-state index in [9.17, 15) is 10.1 Å². The number of hydrogen-bond acceptors (Lipinski definition) is 4. The average Bonchev–Trinajstić information content (AvgIpc) is 2.71. The van der Waals surface area contributed by atoms with Crippen molar-refractivity contribution < 1.29 is 4.79 Å². The molecule has 5 nitrogen and oxygen atoms in total. The number of thiophene rings is 1. The number of rotatable bonds is 2. The van der Waals surface area contributed by atoms with E-state index in [1.165, 1.54) is 22.6 Å². The Morgan fingerprint density at radius 2 is 2.32 bits per heavy atom. The van der Waals surface area contributed by atoms with Crippen LogP contribution in [0.4, 0.5) is 9.80 Å². The van der Waals surface area contributed by atoms with Gasteiger partial charge in [-0.15, -0.1) is 11.3 Å². The van der Waals surface area contributed by atoms with E-state index in [-0.39, 0.29) is 6.03 Å². The third-order valence-electron chi connectivity index (χ3n) is 3.71. The van der Waals surface area contributed by atoms with E-state index in [4.69, 9.17) is 0 Å². The number of amides is 2. The molecular formula is C13H16N4OS. The van der Waals surface area contributed by atoms with E-state index in [0.29, 0.717) is 16.6 Å². The van der Waals surface area contributed by atoms with E-state index in [1.54, 1.807) is 0 Å². The zero-order chi connectivity index (χ0) is 13.2. The predicted molar refractivity (Wildman–Crippen MR) is 74.2 cm³/mol. The fourth-order valence-electron chi connectivity index (χ4n) is 2.42. The molecule has 1 aromatic heterocycles. The van der Waals surface area contributed by atoms with Gasteiger partial charge in [-0.2, -0.15) is 5.26 Å². The van der Waals surface area contributed by atoms with Gasteiger partial charge in [0.05, 0.1) is 5.56 Å². The van der Waals surface area contributed by atoms with Crippen LogP contribution in [0.15, 0.2) is 0 Å². The van der Waals surface area contributed by atoms with Gasteiger partial charge in [0.15, 0.2) is 0 Å². The second kappa shape index (κ2) is 5.19. The summed E-state index contributed by atoms with van der Waals surface area (Å²) < 4.78 is 0. The summed E-state index contributed by atoms with van der Waals surface area (Å²) in [4.78, 5) is 13.0. The molecule has 2 heterocycles. The number of urea groups is 1. The number of carbonyl (C=O) groups is 1. The van der Waals surface area contributed by atoms with Crippen molar-refractivity contribution in [2.45, 2.75) is 38.3 Å². The number of anilines is 1. The minimum atomic E-state index is -0.187. The van der Waals surface area contributed by atoms with Gasteiger partial charge >= 0.3 is 6.03 Å². The van der Waals surface area contributed by atoms with Crippen LogP contribution in [0.2, 0.25) is 0 Å². The molecule has 100 valence electrons. The summed E-state index contributed by atoms with van der Waals surface area (Å²) in [6.07, 6.45) is 4.17. The predicted octanol–water partition coefficient (Wildman–Crippen LogP) is 1.94. The fraction of sp³-hybridized carbons (Fsp3) is 0.538. The van der Waals surface area contributed by atoms with Gasteiger partial charge in [0.2, 0.25) is 0 Å². The highest BCUT2D eigenvalue weighted by Crippen LogP contribution is 2.34. The highest BCUT2D eigenvalue weighted by molar-refractivity contribution is 7.16. The summed E-state index contributed by atoms with van der Waals surface area (Å²) in [5.74, 6) is 0. The first-order chi connectivity index (χ1) is 9.28. The molecule has 3 rings (SSSR count). The van der Waals surface area contributed by atoms with Crippen molar-refractivity contribution in [1.82, 2.24) is 10.6 Å². The topological polar surface area (TPSA) is 77.0 Å². The second-order valence-electron chi connectivity index (χ2n) is 4.97. The Kier molecular flexibility index (Phi) is 3.40. The van der Waals surface area contributed by atoms with Crippen LogP contribution in [0.3, 0.4) is 0 Å². The van der Waals surface area contributed by atoms with Crippen LogP contribution in [0, 0.1) is 11.3 Å². The molecule has 0 unspecified atom stereocenters. The molecule has 0 bridgehead atoms. The Labute approximate surface area is 116 Å². The smallest absolute Gasteiger partial charge is 0.320 e. The zero-order valence-electron chi connectivity index (χ0n) is 10.6. The van der Waals surface area contributed by atoms with Crippen molar-refractivity contribution in [3.05, 3.63) is 16.0 Å². The van der Waals surface area contributed by atoms with Crippen molar-refractivity contribution >= 4 is 22.4 Å². The summed E-state index contributed by atoms with van der Waals surface area (Å²) in [6, 6.07) is 2.35. The van der Waals surface area contributed by atoms with Crippen molar-refractivity contribution in [3.8, 4) is 6.07 Å². The van der Waals surface area contributed by atoms with Gasteiger partial charge in [-0.3, -0.25) is 5.32 Å². The molecule has 2 aliphatic rings. The molecule has 3 N–H and O–H groups in total. The number of nitrogens with one attached hydrogen (secondary N) is 3. The van der Waals surface area contributed by atoms with Gasteiger partial charge < -0.3 is 10.6 Å². The van der Waals surface area contributed by atoms with Crippen molar-refractivity contribution in [2.75, 3.05) is 11.9 Å². The number of fused-ring (bicyclic) bond motifs is 1. The van der Waals surface area contributed by atoms with Crippen molar-refractivity contribution in [2.24, 2.45) is 0 Å². The monoisotopic (exact) mass is 276 g/mol. The Morgan fingerprint density at radius 1 is 1.47 bits per heavy atom. The summed E-state index contributed by atoms with van der Waals surface area (Å²) in [7, 11) is 0. The van der Waals surface area contributed by atoms with Gasteiger partial charge in [0.1, 0.15) is 11.1 Å². The first kappa shape index (κ1) is 12.5. The molecule has 19 heavy (non-hydrogen) atoms. The first-order valence-corrected chi connectivity index (χ1v) is 7.42. The maximum Gasteiger partial charge on any atom is 0.320 e. The standard InChI is InChI=1S/C13H16N4OS/c14-6-10-9-4-5-15-7-11(9)19-12(10)17-13(18)16-8-2-1-3-8/h8,15H,1-5,7H2,(H2,16,17,18). The van der Waals surface area contributed by atoms with Crippen molar-refractivity contribution in [3.63, 3.8) is 0 Å². The lowest BCUT2D eigenvalue weighted by molar-refractivity contribution is 0.240. The van der Waals surface area contributed by atoms with Crippen LogP contribution >= 0.6 is 11.3 Å². The molecule has 0 spiro atoms. The zero-order valence-corrected chi connectivity index (χ0v) is 11.4. The second-order valence-corrected chi connectivity index (χ2v) is 6.08. The van der Waals surface area contributed by atoms with Crippen molar-refractivity contribution in [1.29, 1.82) is 5.26 Å². The van der Waals surface area contributed by atoms with Crippen LogP contribution in [-0.4, -0.2) is 18.6 Å².